The molecule has 1 saturated heterocycles. The molecule has 0 radical (unpaired) electrons. The maximum absolute atomic E-state index is 12.3. The highest BCUT2D eigenvalue weighted by Crippen LogP contribution is 2.27. The number of aliphatic hydroxyl groups is 1. The summed E-state index contributed by atoms with van der Waals surface area (Å²) >= 11 is 0. The number of sulfonamides is 1. The third-order valence-electron chi connectivity index (χ3n) is 3.25. The number of pyridine rings is 1. The summed E-state index contributed by atoms with van der Waals surface area (Å²) in [7, 11) is -3.65. The highest BCUT2D eigenvalue weighted by atomic mass is 32.2. The zero-order chi connectivity index (χ0) is 13.3. The molecule has 18 heavy (non-hydrogen) atoms. The van der Waals surface area contributed by atoms with Crippen LogP contribution >= 0.6 is 0 Å². The SMILES string of the molecule is CC(O)C1CCN(S(=O)(=O)c2ncccc2N)C1. The molecule has 0 bridgehead atoms. The van der Waals surface area contributed by atoms with E-state index < -0.39 is 16.1 Å². The second-order valence-corrected chi connectivity index (χ2v) is 6.40. The van der Waals surface area contributed by atoms with Crippen molar-refractivity contribution in [3.63, 3.8) is 0 Å². The molecule has 0 amide bonds. The zero-order valence-corrected chi connectivity index (χ0v) is 11.0. The lowest BCUT2D eigenvalue weighted by Gasteiger charge is -2.17. The molecule has 0 spiro atoms. The molecule has 1 aliphatic heterocycles. The van der Waals surface area contributed by atoms with Crippen LogP contribution in [0.5, 0.6) is 0 Å². The van der Waals surface area contributed by atoms with Crippen LogP contribution in [0.1, 0.15) is 13.3 Å². The average Bonchev–Trinajstić information content (AvgIpc) is 2.79. The molecule has 2 atom stereocenters. The number of aromatic nitrogens is 1. The van der Waals surface area contributed by atoms with Crippen molar-refractivity contribution in [1.29, 1.82) is 0 Å². The van der Waals surface area contributed by atoms with Crippen molar-refractivity contribution < 1.29 is 13.5 Å². The molecule has 7 heteroatoms. The molecule has 100 valence electrons. The van der Waals surface area contributed by atoms with E-state index in [0.717, 1.165) is 0 Å². The molecule has 1 aromatic heterocycles. The number of rotatable bonds is 3. The first-order valence-electron chi connectivity index (χ1n) is 5.81. The summed E-state index contributed by atoms with van der Waals surface area (Å²) in [5.74, 6) is -0.0234. The third-order valence-corrected chi connectivity index (χ3v) is 5.10. The number of nitrogens with zero attached hydrogens (tertiary/aromatic N) is 2. The Morgan fingerprint density at radius 1 is 1.61 bits per heavy atom. The third kappa shape index (κ3) is 2.33. The first-order chi connectivity index (χ1) is 8.43. The van der Waals surface area contributed by atoms with Crippen molar-refractivity contribution in [2.75, 3.05) is 18.8 Å². The molecular formula is C11H17N3O3S. The normalized spacial score (nSPS) is 23.1. The lowest BCUT2D eigenvalue weighted by atomic mass is 10.0. The molecule has 3 N–H and O–H groups in total. The van der Waals surface area contributed by atoms with E-state index in [2.05, 4.69) is 4.98 Å². The van der Waals surface area contributed by atoms with Crippen LogP contribution < -0.4 is 5.73 Å². The number of anilines is 1. The van der Waals surface area contributed by atoms with E-state index >= 15 is 0 Å². The Labute approximate surface area is 106 Å². The Morgan fingerprint density at radius 2 is 2.33 bits per heavy atom. The van der Waals surface area contributed by atoms with E-state index in [9.17, 15) is 13.5 Å². The highest BCUT2D eigenvalue weighted by Gasteiger charge is 2.35. The van der Waals surface area contributed by atoms with Crippen LogP contribution in [0.25, 0.3) is 0 Å². The van der Waals surface area contributed by atoms with Crippen molar-refractivity contribution in [3.8, 4) is 0 Å². The van der Waals surface area contributed by atoms with Crippen molar-refractivity contribution >= 4 is 15.7 Å². The van der Waals surface area contributed by atoms with Gasteiger partial charge in [-0.25, -0.2) is 13.4 Å². The number of nitrogens with two attached hydrogens (primary N) is 1. The smallest absolute Gasteiger partial charge is 0.262 e. The summed E-state index contributed by atoms with van der Waals surface area (Å²) in [6, 6.07) is 3.11. The van der Waals surface area contributed by atoms with E-state index in [1.165, 1.54) is 16.6 Å². The van der Waals surface area contributed by atoms with Crippen molar-refractivity contribution in [2.24, 2.45) is 5.92 Å². The highest BCUT2D eigenvalue weighted by molar-refractivity contribution is 7.89. The Hall–Kier alpha value is -1.18. The summed E-state index contributed by atoms with van der Waals surface area (Å²) in [6.45, 7) is 2.39. The maximum atomic E-state index is 12.3. The minimum Gasteiger partial charge on any atom is -0.396 e. The van der Waals surface area contributed by atoms with Gasteiger partial charge in [0.25, 0.3) is 10.0 Å². The lowest BCUT2D eigenvalue weighted by Crippen LogP contribution is -2.31. The van der Waals surface area contributed by atoms with Gasteiger partial charge in [-0.05, 0) is 31.4 Å². The summed E-state index contributed by atoms with van der Waals surface area (Å²) in [5.41, 5.74) is 5.80. The Balaban J connectivity index is 2.26. The second kappa shape index (κ2) is 4.83. The minimum absolute atomic E-state index is 0.0234. The Morgan fingerprint density at radius 3 is 2.89 bits per heavy atom. The number of hydrogen-bond acceptors (Lipinski definition) is 5. The second-order valence-electron chi connectivity index (χ2n) is 4.55. The molecule has 0 aliphatic carbocycles. The van der Waals surface area contributed by atoms with Gasteiger partial charge in [0.2, 0.25) is 0 Å². The first-order valence-corrected chi connectivity index (χ1v) is 7.25. The van der Waals surface area contributed by atoms with Gasteiger partial charge in [0.1, 0.15) is 0 Å². The molecule has 2 rings (SSSR count). The molecule has 2 heterocycles. The monoisotopic (exact) mass is 271 g/mol. The van der Waals surface area contributed by atoms with Crippen LogP contribution in [0.4, 0.5) is 5.69 Å². The van der Waals surface area contributed by atoms with Crippen LogP contribution in [0, 0.1) is 5.92 Å². The number of nitrogen functional groups attached to an aromatic ring is 1. The van der Waals surface area contributed by atoms with Gasteiger partial charge in [0.15, 0.2) is 5.03 Å². The van der Waals surface area contributed by atoms with Gasteiger partial charge in [-0.3, -0.25) is 0 Å². The number of hydrogen-bond donors (Lipinski definition) is 2. The van der Waals surface area contributed by atoms with E-state index in [0.29, 0.717) is 19.5 Å². The van der Waals surface area contributed by atoms with Crippen LogP contribution in [0.2, 0.25) is 0 Å². The maximum Gasteiger partial charge on any atom is 0.262 e. The minimum atomic E-state index is -3.65. The van der Waals surface area contributed by atoms with Gasteiger partial charge in [-0.15, -0.1) is 0 Å². The lowest BCUT2D eigenvalue weighted by molar-refractivity contribution is 0.133. The molecule has 1 fully saturated rings. The van der Waals surface area contributed by atoms with Crippen molar-refractivity contribution in [3.05, 3.63) is 18.3 Å². The fourth-order valence-electron chi connectivity index (χ4n) is 2.11. The van der Waals surface area contributed by atoms with Gasteiger partial charge >= 0.3 is 0 Å². The summed E-state index contributed by atoms with van der Waals surface area (Å²) in [6.07, 6.45) is 1.56. The van der Waals surface area contributed by atoms with Crippen LogP contribution in [0.15, 0.2) is 23.4 Å². The molecule has 0 saturated carbocycles. The largest absolute Gasteiger partial charge is 0.396 e. The fraction of sp³-hybridized carbons (Fsp3) is 0.545. The quantitative estimate of drug-likeness (QED) is 0.810. The van der Waals surface area contributed by atoms with Gasteiger partial charge in [-0.2, -0.15) is 4.31 Å². The standard InChI is InChI=1S/C11H17N3O3S/c1-8(15)9-4-6-14(7-9)18(16,17)11-10(12)3-2-5-13-11/h2-3,5,8-9,15H,4,6-7,12H2,1H3. The predicted octanol–water partition coefficient (Wildman–Crippen LogP) is 0.0552. The van der Waals surface area contributed by atoms with Crippen LogP contribution in [-0.4, -0.2) is 42.0 Å². The van der Waals surface area contributed by atoms with E-state index in [-0.39, 0.29) is 16.6 Å². The first kappa shape index (κ1) is 13.3. The average molecular weight is 271 g/mol. The van der Waals surface area contributed by atoms with Crippen molar-refractivity contribution in [1.82, 2.24) is 9.29 Å². The summed E-state index contributed by atoms with van der Waals surface area (Å²) < 4.78 is 26.0. The van der Waals surface area contributed by atoms with E-state index in [1.807, 2.05) is 0 Å². The van der Waals surface area contributed by atoms with E-state index in [1.54, 1.807) is 13.0 Å². The van der Waals surface area contributed by atoms with Gasteiger partial charge in [-0.1, -0.05) is 0 Å². The molecule has 1 aliphatic rings. The fourth-order valence-corrected chi connectivity index (χ4v) is 3.65. The Bertz CT molecular complexity index is 530. The molecule has 6 nitrogen and oxygen atoms in total. The summed E-state index contributed by atoms with van der Waals surface area (Å²) in [5, 5.41) is 9.40. The molecule has 1 aromatic rings. The Kier molecular flexibility index (Phi) is 3.56. The van der Waals surface area contributed by atoms with Gasteiger partial charge in [0, 0.05) is 19.3 Å². The molecular weight excluding hydrogens is 254 g/mol. The van der Waals surface area contributed by atoms with Crippen LogP contribution in [-0.2, 0) is 10.0 Å². The zero-order valence-electron chi connectivity index (χ0n) is 10.2. The van der Waals surface area contributed by atoms with Gasteiger partial charge < -0.3 is 10.8 Å². The topological polar surface area (TPSA) is 96.5 Å². The van der Waals surface area contributed by atoms with E-state index in [4.69, 9.17) is 5.73 Å². The number of aliphatic hydroxyl groups excluding tert-OH is 1. The van der Waals surface area contributed by atoms with Crippen molar-refractivity contribution in [2.45, 2.75) is 24.5 Å². The molecule has 2 unspecified atom stereocenters. The summed E-state index contributed by atoms with van der Waals surface area (Å²) in [4.78, 5) is 3.85. The van der Waals surface area contributed by atoms with Gasteiger partial charge in [0.05, 0.1) is 11.8 Å². The van der Waals surface area contributed by atoms with Crippen LogP contribution in [0.3, 0.4) is 0 Å². The molecule has 0 aromatic carbocycles. The predicted molar refractivity (Wildman–Crippen MR) is 67.2 cm³/mol.